The molecule has 0 bridgehead atoms. The molecule has 0 aliphatic rings. The van der Waals surface area contributed by atoms with E-state index in [1.165, 1.54) is 102 Å². The largest absolute Gasteiger partial charge is 0.385 e. The summed E-state index contributed by atoms with van der Waals surface area (Å²) in [5.41, 5.74) is 3.61. The van der Waals surface area contributed by atoms with E-state index in [0.29, 0.717) is 0 Å². The summed E-state index contributed by atoms with van der Waals surface area (Å²) in [5.74, 6) is 1.98. The van der Waals surface area contributed by atoms with Gasteiger partial charge < -0.3 is 5.32 Å². The summed E-state index contributed by atoms with van der Waals surface area (Å²) in [7, 11) is 0. The van der Waals surface area contributed by atoms with Gasteiger partial charge in [-0.1, -0.05) is 139 Å². The molecule has 0 radical (unpaired) electrons. The standard InChI is InChI=1S/C34H52N4S/c1-3-5-6-7-8-9-10-11-12-13-14-15-16-17-21-24-33-36-37-34(39-29-30-22-19-18-20-23-30)38(33)32-27-25-31(26-28-32)35-4-2/h18-20,22-23,25-28,35H,3-17,21,24,29H2,1-2H3. The maximum Gasteiger partial charge on any atom is 0.196 e. The van der Waals surface area contributed by atoms with Gasteiger partial charge in [-0.3, -0.25) is 4.57 Å². The molecule has 0 atom stereocenters. The smallest absolute Gasteiger partial charge is 0.196 e. The van der Waals surface area contributed by atoms with Gasteiger partial charge in [-0.25, -0.2) is 0 Å². The number of aromatic nitrogens is 3. The molecule has 0 saturated carbocycles. The van der Waals surface area contributed by atoms with Crippen LogP contribution in [-0.4, -0.2) is 21.3 Å². The highest BCUT2D eigenvalue weighted by Gasteiger charge is 2.14. The first-order valence-electron chi connectivity index (χ1n) is 15.8. The van der Waals surface area contributed by atoms with Crippen LogP contribution in [0.2, 0.25) is 0 Å². The summed E-state index contributed by atoms with van der Waals surface area (Å²) >= 11 is 1.77. The fraction of sp³-hybridized carbons (Fsp3) is 0.588. The van der Waals surface area contributed by atoms with Gasteiger partial charge in [0.05, 0.1) is 0 Å². The maximum absolute atomic E-state index is 4.64. The number of nitrogens with zero attached hydrogens (tertiary/aromatic N) is 3. The lowest BCUT2D eigenvalue weighted by Crippen LogP contribution is -2.04. The molecule has 0 spiro atoms. The van der Waals surface area contributed by atoms with E-state index in [2.05, 4.69) is 88.5 Å². The van der Waals surface area contributed by atoms with Crippen LogP contribution < -0.4 is 5.32 Å². The van der Waals surface area contributed by atoms with E-state index in [1.54, 1.807) is 11.8 Å². The Morgan fingerprint density at radius 3 is 1.77 bits per heavy atom. The van der Waals surface area contributed by atoms with Crippen molar-refractivity contribution in [3.05, 3.63) is 66.0 Å². The van der Waals surface area contributed by atoms with Gasteiger partial charge in [0, 0.05) is 30.1 Å². The molecule has 0 amide bonds. The summed E-state index contributed by atoms with van der Waals surface area (Å²) in [5, 5.41) is 13.6. The summed E-state index contributed by atoms with van der Waals surface area (Å²) in [6.45, 7) is 5.35. The van der Waals surface area contributed by atoms with Crippen LogP contribution in [0.5, 0.6) is 0 Å². The minimum atomic E-state index is 0.896. The summed E-state index contributed by atoms with van der Waals surface area (Å²) in [6.07, 6.45) is 21.8. The Morgan fingerprint density at radius 2 is 1.21 bits per heavy atom. The fourth-order valence-corrected chi connectivity index (χ4v) is 6.05. The fourth-order valence-electron chi connectivity index (χ4n) is 5.12. The van der Waals surface area contributed by atoms with Gasteiger partial charge in [0.1, 0.15) is 5.82 Å². The SMILES string of the molecule is CCCCCCCCCCCCCCCCCc1nnc(SCc2ccccc2)n1-c1ccc(NCC)cc1. The first-order valence-corrected chi connectivity index (χ1v) is 16.8. The molecule has 0 saturated heterocycles. The van der Waals surface area contributed by atoms with E-state index in [-0.39, 0.29) is 0 Å². The Bertz CT molecular complexity index is 1000. The van der Waals surface area contributed by atoms with Crippen LogP contribution in [0.25, 0.3) is 5.69 Å². The Kier molecular flexibility index (Phi) is 15.8. The molecule has 1 aromatic heterocycles. The van der Waals surface area contributed by atoms with E-state index in [9.17, 15) is 0 Å². The Morgan fingerprint density at radius 1 is 0.641 bits per heavy atom. The van der Waals surface area contributed by atoms with Crippen molar-refractivity contribution in [3.8, 4) is 5.69 Å². The second-order valence-electron chi connectivity index (χ2n) is 10.8. The average molecular weight is 549 g/mol. The van der Waals surface area contributed by atoms with Crippen LogP contribution in [0.15, 0.2) is 59.8 Å². The van der Waals surface area contributed by atoms with Crippen molar-refractivity contribution in [2.45, 2.75) is 127 Å². The van der Waals surface area contributed by atoms with Gasteiger partial charge >= 0.3 is 0 Å². The third-order valence-electron chi connectivity index (χ3n) is 7.42. The third kappa shape index (κ3) is 12.2. The Balaban J connectivity index is 1.39. The van der Waals surface area contributed by atoms with Crippen molar-refractivity contribution in [1.29, 1.82) is 0 Å². The average Bonchev–Trinajstić information content (AvgIpc) is 3.37. The first-order chi connectivity index (χ1) is 19.3. The van der Waals surface area contributed by atoms with Crippen LogP contribution in [0, 0.1) is 0 Å². The van der Waals surface area contributed by atoms with Crippen LogP contribution in [0.3, 0.4) is 0 Å². The van der Waals surface area contributed by atoms with Crippen molar-refractivity contribution in [1.82, 2.24) is 14.8 Å². The highest BCUT2D eigenvalue weighted by molar-refractivity contribution is 7.98. The van der Waals surface area contributed by atoms with Gasteiger partial charge in [-0.2, -0.15) is 0 Å². The van der Waals surface area contributed by atoms with Crippen LogP contribution in [0.4, 0.5) is 5.69 Å². The lowest BCUT2D eigenvalue weighted by atomic mass is 10.0. The monoisotopic (exact) mass is 548 g/mol. The van der Waals surface area contributed by atoms with E-state index in [0.717, 1.165) is 41.1 Å². The molecule has 2 aromatic carbocycles. The van der Waals surface area contributed by atoms with E-state index >= 15 is 0 Å². The van der Waals surface area contributed by atoms with Gasteiger partial charge in [0.25, 0.3) is 0 Å². The van der Waals surface area contributed by atoms with Crippen molar-refractivity contribution in [2.75, 3.05) is 11.9 Å². The highest BCUT2D eigenvalue weighted by Crippen LogP contribution is 2.27. The zero-order valence-electron chi connectivity index (χ0n) is 24.7. The number of anilines is 1. The predicted molar refractivity (Wildman–Crippen MR) is 170 cm³/mol. The topological polar surface area (TPSA) is 42.7 Å². The molecule has 4 nitrogen and oxygen atoms in total. The lowest BCUT2D eigenvalue weighted by molar-refractivity contribution is 0.531. The van der Waals surface area contributed by atoms with E-state index in [1.807, 2.05) is 0 Å². The summed E-state index contributed by atoms with van der Waals surface area (Å²) in [4.78, 5) is 0. The number of hydrogen-bond donors (Lipinski definition) is 1. The highest BCUT2D eigenvalue weighted by atomic mass is 32.2. The molecule has 3 aromatic rings. The number of rotatable bonds is 22. The molecular weight excluding hydrogens is 496 g/mol. The molecule has 0 aliphatic carbocycles. The number of nitrogens with one attached hydrogen (secondary N) is 1. The molecule has 214 valence electrons. The summed E-state index contributed by atoms with van der Waals surface area (Å²) in [6, 6.07) is 19.3. The van der Waals surface area contributed by atoms with Crippen LogP contribution in [0.1, 0.15) is 122 Å². The molecule has 1 heterocycles. The minimum Gasteiger partial charge on any atom is -0.385 e. The van der Waals surface area contributed by atoms with E-state index in [4.69, 9.17) is 0 Å². The van der Waals surface area contributed by atoms with Gasteiger partial charge in [0.2, 0.25) is 0 Å². The molecule has 0 fully saturated rings. The quantitative estimate of drug-likeness (QED) is 0.100. The second kappa shape index (κ2) is 19.7. The number of aryl methyl sites for hydroxylation is 1. The Labute approximate surface area is 242 Å². The molecule has 39 heavy (non-hydrogen) atoms. The molecular formula is C34H52N4S. The normalized spacial score (nSPS) is 11.2. The summed E-state index contributed by atoms with van der Waals surface area (Å²) < 4.78 is 2.27. The van der Waals surface area contributed by atoms with Gasteiger partial charge in [-0.15, -0.1) is 10.2 Å². The van der Waals surface area contributed by atoms with Gasteiger partial charge in [-0.05, 0) is 43.2 Å². The van der Waals surface area contributed by atoms with Crippen molar-refractivity contribution in [3.63, 3.8) is 0 Å². The molecule has 3 rings (SSSR count). The first kappa shape index (κ1) is 31.3. The van der Waals surface area contributed by atoms with Gasteiger partial charge in [0.15, 0.2) is 5.16 Å². The van der Waals surface area contributed by atoms with Crippen LogP contribution >= 0.6 is 11.8 Å². The predicted octanol–water partition coefficient (Wildman–Crippen LogP) is 10.4. The molecule has 0 aliphatic heterocycles. The third-order valence-corrected chi connectivity index (χ3v) is 8.42. The zero-order valence-corrected chi connectivity index (χ0v) is 25.5. The second-order valence-corrected chi connectivity index (χ2v) is 11.7. The Hall–Kier alpha value is -2.27. The van der Waals surface area contributed by atoms with Crippen LogP contribution in [-0.2, 0) is 12.2 Å². The molecule has 0 unspecified atom stereocenters. The zero-order chi connectivity index (χ0) is 27.4. The van der Waals surface area contributed by atoms with Crippen molar-refractivity contribution >= 4 is 17.4 Å². The molecule has 5 heteroatoms. The van der Waals surface area contributed by atoms with Crippen molar-refractivity contribution < 1.29 is 0 Å². The number of hydrogen-bond acceptors (Lipinski definition) is 4. The van der Waals surface area contributed by atoms with Crippen molar-refractivity contribution in [2.24, 2.45) is 0 Å². The minimum absolute atomic E-state index is 0.896. The number of thioether (sulfide) groups is 1. The number of benzene rings is 2. The molecule has 1 N–H and O–H groups in total. The van der Waals surface area contributed by atoms with E-state index < -0.39 is 0 Å². The number of unbranched alkanes of at least 4 members (excludes halogenated alkanes) is 14. The lowest BCUT2D eigenvalue weighted by Gasteiger charge is -2.12. The maximum atomic E-state index is 4.64.